The van der Waals surface area contributed by atoms with E-state index in [0.29, 0.717) is 24.5 Å². The van der Waals surface area contributed by atoms with Crippen molar-refractivity contribution in [3.63, 3.8) is 0 Å². The van der Waals surface area contributed by atoms with Crippen LogP contribution in [0, 0.1) is 13.8 Å². The number of aryl methyl sites for hydroxylation is 2. The van der Waals surface area contributed by atoms with E-state index in [1.165, 1.54) is 0 Å². The molecule has 1 aromatic rings. The number of benzene rings is 1. The first-order valence-electron chi connectivity index (χ1n) is 6.33. The second kappa shape index (κ2) is 6.75. The maximum atomic E-state index is 12.8. The quantitative estimate of drug-likeness (QED) is 0.853. The predicted octanol–water partition coefficient (Wildman–Crippen LogP) is 2.47. The number of halogens is 2. The molecule has 1 aliphatic rings. The Hall–Kier alpha value is -0.140. The van der Waals surface area contributed by atoms with Gasteiger partial charge in [-0.1, -0.05) is 15.9 Å². The van der Waals surface area contributed by atoms with Crippen molar-refractivity contribution in [2.75, 3.05) is 19.6 Å². The fourth-order valence-corrected chi connectivity index (χ4v) is 4.72. The highest BCUT2D eigenvalue weighted by Crippen LogP contribution is 2.27. The summed E-state index contributed by atoms with van der Waals surface area (Å²) in [6.07, 6.45) is 0. The number of hydrogen-bond acceptors (Lipinski definition) is 3. The minimum absolute atomic E-state index is 0. The van der Waals surface area contributed by atoms with Crippen LogP contribution in [0.25, 0.3) is 0 Å². The third-order valence-corrected chi connectivity index (χ3v) is 6.49. The predicted molar refractivity (Wildman–Crippen MR) is 87.1 cm³/mol. The van der Waals surface area contributed by atoms with Gasteiger partial charge in [0.2, 0.25) is 10.0 Å². The van der Waals surface area contributed by atoms with E-state index in [1.807, 2.05) is 26.8 Å². The zero-order valence-electron chi connectivity index (χ0n) is 11.8. The van der Waals surface area contributed by atoms with E-state index in [1.54, 1.807) is 10.4 Å². The Kier molecular flexibility index (Phi) is 6.04. The van der Waals surface area contributed by atoms with Crippen molar-refractivity contribution in [2.45, 2.75) is 31.7 Å². The summed E-state index contributed by atoms with van der Waals surface area (Å²) < 4.78 is 28.1. The number of nitrogens with zero attached hydrogens (tertiary/aromatic N) is 1. The van der Waals surface area contributed by atoms with Crippen molar-refractivity contribution in [3.05, 3.63) is 27.7 Å². The summed E-state index contributed by atoms with van der Waals surface area (Å²) in [5.41, 5.74) is 1.72. The fourth-order valence-electron chi connectivity index (χ4n) is 2.34. The maximum absolute atomic E-state index is 12.8. The molecule has 0 amide bonds. The Morgan fingerprint density at radius 1 is 1.30 bits per heavy atom. The van der Waals surface area contributed by atoms with Crippen molar-refractivity contribution in [3.8, 4) is 0 Å². The molecule has 0 aromatic heterocycles. The smallest absolute Gasteiger partial charge is 0.243 e. The molecule has 0 saturated carbocycles. The molecule has 114 valence electrons. The summed E-state index contributed by atoms with van der Waals surface area (Å²) >= 11 is 3.44. The van der Waals surface area contributed by atoms with Crippen LogP contribution in [0.2, 0.25) is 0 Å². The van der Waals surface area contributed by atoms with Gasteiger partial charge in [-0.05, 0) is 44.0 Å². The van der Waals surface area contributed by atoms with Gasteiger partial charge < -0.3 is 5.32 Å². The lowest BCUT2D eigenvalue weighted by Crippen LogP contribution is -2.52. The van der Waals surface area contributed by atoms with E-state index in [2.05, 4.69) is 21.2 Å². The highest BCUT2D eigenvalue weighted by molar-refractivity contribution is 9.10. The molecule has 0 bridgehead atoms. The maximum Gasteiger partial charge on any atom is 0.243 e. The summed E-state index contributed by atoms with van der Waals surface area (Å²) in [5.74, 6) is 0. The Bertz CT molecular complexity index is 592. The normalized spacial score (nSPS) is 20.5. The SMILES string of the molecule is Cc1cc(S(=O)(=O)N2CCNCC2C)c(C)cc1Br.Cl. The van der Waals surface area contributed by atoms with Crippen LogP contribution in [0.15, 0.2) is 21.5 Å². The van der Waals surface area contributed by atoms with Crippen LogP contribution in [0.4, 0.5) is 0 Å². The van der Waals surface area contributed by atoms with E-state index in [4.69, 9.17) is 0 Å². The van der Waals surface area contributed by atoms with Gasteiger partial charge in [-0.25, -0.2) is 8.42 Å². The van der Waals surface area contributed by atoms with Gasteiger partial charge >= 0.3 is 0 Å². The van der Waals surface area contributed by atoms with Crippen LogP contribution in [0.3, 0.4) is 0 Å². The highest BCUT2D eigenvalue weighted by atomic mass is 79.9. The Morgan fingerprint density at radius 2 is 1.95 bits per heavy atom. The first kappa shape index (κ1) is 17.9. The van der Waals surface area contributed by atoms with Gasteiger partial charge in [0, 0.05) is 30.1 Å². The van der Waals surface area contributed by atoms with Crippen LogP contribution in [-0.4, -0.2) is 38.4 Å². The second-order valence-corrected chi connectivity index (χ2v) is 7.75. The summed E-state index contributed by atoms with van der Waals surface area (Å²) in [4.78, 5) is 0.418. The van der Waals surface area contributed by atoms with Crippen LogP contribution >= 0.6 is 28.3 Å². The average Bonchev–Trinajstić information content (AvgIpc) is 2.34. The molecule has 4 nitrogen and oxygen atoms in total. The van der Waals surface area contributed by atoms with E-state index >= 15 is 0 Å². The molecule has 1 atom stereocenters. The zero-order valence-corrected chi connectivity index (χ0v) is 15.0. The molecule has 1 aromatic carbocycles. The summed E-state index contributed by atoms with van der Waals surface area (Å²) in [5, 5.41) is 3.21. The van der Waals surface area contributed by atoms with Gasteiger partial charge in [0.15, 0.2) is 0 Å². The van der Waals surface area contributed by atoms with E-state index in [-0.39, 0.29) is 18.4 Å². The fraction of sp³-hybridized carbons (Fsp3) is 0.538. The van der Waals surface area contributed by atoms with Crippen molar-refractivity contribution in [1.82, 2.24) is 9.62 Å². The molecule has 0 radical (unpaired) electrons. The Balaban J connectivity index is 0.00000200. The average molecular weight is 384 g/mol. The lowest BCUT2D eigenvalue weighted by Gasteiger charge is -2.33. The van der Waals surface area contributed by atoms with Gasteiger partial charge in [0.1, 0.15) is 0 Å². The number of nitrogens with one attached hydrogen (secondary N) is 1. The van der Waals surface area contributed by atoms with E-state index in [9.17, 15) is 8.42 Å². The first-order chi connectivity index (χ1) is 8.84. The molecule has 2 rings (SSSR count). The summed E-state index contributed by atoms with van der Waals surface area (Å²) in [7, 11) is -3.41. The number of rotatable bonds is 2. The molecule has 1 saturated heterocycles. The van der Waals surface area contributed by atoms with Crippen LogP contribution in [0.1, 0.15) is 18.1 Å². The number of piperazine rings is 1. The van der Waals surface area contributed by atoms with Gasteiger partial charge in [0.05, 0.1) is 4.90 Å². The standard InChI is InChI=1S/C13H19BrN2O2S.ClH/c1-9-7-13(10(2)6-12(9)14)19(17,18)16-5-4-15-8-11(16)3;/h6-7,11,15H,4-5,8H2,1-3H3;1H. The minimum Gasteiger partial charge on any atom is -0.314 e. The molecule has 1 unspecified atom stereocenters. The van der Waals surface area contributed by atoms with Crippen LogP contribution in [0.5, 0.6) is 0 Å². The molecule has 0 aliphatic carbocycles. The third kappa shape index (κ3) is 3.36. The molecular formula is C13H20BrClN2O2S. The van der Waals surface area contributed by atoms with Crippen molar-refractivity contribution in [2.24, 2.45) is 0 Å². The van der Waals surface area contributed by atoms with Gasteiger partial charge in [-0.3, -0.25) is 0 Å². The molecule has 1 fully saturated rings. The Morgan fingerprint density at radius 3 is 2.55 bits per heavy atom. The lowest BCUT2D eigenvalue weighted by molar-refractivity contribution is 0.283. The van der Waals surface area contributed by atoms with Crippen LogP contribution < -0.4 is 5.32 Å². The van der Waals surface area contributed by atoms with E-state index in [0.717, 1.165) is 15.6 Å². The topological polar surface area (TPSA) is 49.4 Å². The third-order valence-electron chi connectivity index (χ3n) is 3.48. The number of sulfonamides is 1. The summed E-state index contributed by atoms with van der Waals surface area (Å²) in [6, 6.07) is 3.61. The number of hydrogen-bond donors (Lipinski definition) is 1. The van der Waals surface area contributed by atoms with Gasteiger partial charge in [0.25, 0.3) is 0 Å². The second-order valence-electron chi connectivity index (χ2n) is 5.04. The monoisotopic (exact) mass is 382 g/mol. The van der Waals surface area contributed by atoms with Crippen molar-refractivity contribution in [1.29, 1.82) is 0 Å². The van der Waals surface area contributed by atoms with Gasteiger partial charge in [-0.15, -0.1) is 12.4 Å². The first-order valence-corrected chi connectivity index (χ1v) is 8.56. The lowest BCUT2D eigenvalue weighted by atomic mass is 10.2. The molecular weight excluding hydrogens is 364 g/mol. The van der Waals surface area contributed by atoms with Gasteiger partial charge in [-0.2, -0.15) is 4.31 Å². The Labute approximate surface area is 135 Å². The molecule has 1 heterocycles. The van der Waals surface area contributed by atoms with Crippen LogP contribution in [-0.2, 0) is 10.0 Å². The van der Waals surface area contributed by atoms with E-state index < -0.39 is 10.0 Å². The highest BCUT2D eigenvalue weighted by Gasteiger charge is 2.32. The molecule has 7 heteroatoms. The molecule has 0 spiro atoms. The zero-order chi connectivity index (χ0) is 14.2. The minimum atomic E-state index is -3.41. The molecule has 1 N–H and O–H groups in total. The largest absolute Gasteiger partial charge is 0.314 e. The van der Waals surface area contributed by atoms with Crippen molar-refractivity contribution < 1.29 is 8.42 Å². The summed E-state index contributed by atoms with van der Waals surface area (Å²) in [6.45, 7) is 7.61. The molecule has 20 heavy (non-hydrogen) atoms. The van der Waals surface area contributed by atoms with Crippen molar-refractivity contribution >= 4 is 38.4 Å². The molecule has 1 aliphatic heterocycles.